The Morgan fingerprint density at radius 3 is 2.53 bits per heavy atom. The Bertz CT molecular complexity index is 520. The molecule has 1 unspecified atom stereocenters. The van der Waals surface area contributed by atoms with Crippen LogP contribution in [0.15, 0.2) is 36.7 Å². The molecule has 0 fully saturated rings. The zero-order valence-electron chi connectivity index (χ0n) is 11.3. The molecule has 1 atom stereocenters. The molecule has 5 heteroatoms. The van der Waals surface area contributed by atoms with E-state index < -0.39 is 0 Å². The number of hydrogen-bond acceptors (Lipinski definition) is 3. The van der Waals surface area contributed by atoms with Crippen molar-refractivity contribution in [3.05, 3.63) is 48.0 Å². The predicted molar refractivity (Wildman–Crippen MR) is 74.4 cm³/mol. The molecule has 19 heavy (non-hydrogen) atoms. The minimum atomic E-state index is -0.231. The fourth-order valence-corrected chi connectivity index (χ4v) is 2.27. The number of anilines is 1. The largest absolute Gasteiger partial charge is 0.363 e. The zero-order chi connectivity index (χ0) is 13.8. The van der Waals surface area contributed by atoms with E-state index in [0.29, 0.717) is 6.54 Å². The van der Waals surface area contributed by atoms with Crippen LogP contribution in [0, 0.1) is 5.82 Å². The molecular formula is C14H19FN4. The van der Waals surface area contributed by atoms with Gasteiger partial charge in [-0.25, -0.2) is 4.39 Å². The number of nitrogens with zero attached hydrogens (tertiary/aromatic N) is 3. The van der Waals surface area contributed by atoms with E-state index in [4.69, 9.17) is 5.73 Å². The minimum Gasteiger partial charge on any atom is -0.363 e. The van der Waals surface area contributed by atoms with Gasteiger partial charge in [-0.15, -0.1) is 0 Å². The average molecular weight is 262 g/mol. The van der Waals surface area contributed by atoms with E-state index in [1.807, 2.05) is 19.4 Å². The quantitative estimate of drug-likeness (QED) is 0.897. The summed E-state index contributed by atoms with van der Waals surface area (Å²) in [6.45, 7) is 3.34. The third-order valence-electron chi connectivity index (χ3n) is 3.21. The second-order valence-corrected chi connectivity index (χ2v) is 4.46. The molecular weight excluding hydrogens is 243 g/mol. The lowest BCUT2D eigenvalue weighted by molar-refractivity contribution is 0.622. The Morgan fingerprint density at radius 1 is 1.37 bits per heavy atom. The molecule has 102 valence electrons. The normalized spacial score (nSPS) is 12.4. The van der Waals surface area contributed by atoms with E-state index in [-0.39, 0.29) is 11.9 Å². The fraction of sp³-hybridized carbons (Fsp3) is 0.357. The topological polar surface area (TPSA) is 47.1 Å². The number of halogens is 1. The lowest BCUT2D eigenvalue weighted by Gasteiger charge is -2.31. The summed E-state index contributed by atoms with van der Waals surface area (Å²) in [5, 5.41) is 4.18. The summed E-state index contributed by atoms with van der Waals surface area (Å²) in [4.78, 5) is 2.15. The van der Waals surface area contributed by atoms with Crippen molar-refractivity contribution in [3.8, 4) is 0 Å². The highest BCUT2D eigenvalue weighted by Crippen LogP contribution is 2.26. The van der Waals surface area contributed by atoms with Crippen LogP contribution in [0.4, 0.5) is 10.1 Å². The molecule has 0 aliphatic rings. The molecule has 0 aliphatic heterocycles. The molecule has 1 heterocycles. The highest BCUT2D eigenvalue weighted by atomic mass is 19.1. The Morgan fingerprint density at radius 2 is 2.05 bits per heavy atom. The number of hydrogen-bond donors (Lipinski definition) is 1. The van der Waals surface area contributed by atoms with Crippen LogP contribution in [0.2, 0.25) is 0 Å². The Balaban J connectivity index is 2.31. The maximum atomic E-state index is 13.0. The van der Waals surface area contributed by atoms with Gasteiger partial charge >= 0.3 is 0 Å². The molecule has 2 rings (SSSR count). The van der Waals surface area contributed by atoms with Gasteiger partial charge in [0.2, 0.25) is 0 Å². The average Bonchev–Trinajstić information content (AvgIpc) is 2.83. The second-order valence-electron chi connectivity index (χ2n) is 4.46. The number of rotatable bonds is 5. The highest BCUT2D eigenvalue weighted by Gasteiger charge is 2.19. The van der Waals surface area contributed by atoms with Crippen molar-refractivity contribution in [2.24, 2.45) is 12.8 Å². The maximum Gasteiger partial charge on any atom is 0.123 e. The van der Waals surface area contributed by atoms with Gasteiger partial charge in [0.25, 0.3) is 0 Å². The van der Waals surface area contributed by atoms with Crippen molar-refractivity contribution in [1.29, 1.82) is 0 Å². The van der Waals surface area contributed by atoms with E-state index in [1.165, 1.54) is 12.1 Å². The van der Waals surface area contributed by atoms with Gasteiger partial charge in [-0.2, -0.15) is 5.10 Å². The van der Waals surface area contributed by atoms with Crippen molar-refractivity contribution in [1.82, 2.24) is 9.78 Å². The van der Waals surface area contributed by atoms with Crippen LogP contribution in [0.5, 0.6) is 0 Å². The lowest BCUT2D eigenvalue weighted by Crippen LogP contribution is -2.33. The first-order valence-electron chi connectivity index (χ1n) is 6.36. The Labute approximate surface area is 112 Å². The summed E-state index contributed by atoms with van der Waals surface area (Å²) in [5.74, 6) is -0.231. The molecule has 0 saturated heterocycles. The molecule has 0 radical (unpaired) electrons. The number of benzene rings is 1. The molecule has 1 aromatic heterocycles. The first kappa shape index (κ1) is 13.5. The van der Waals surface area contributed by atoms with Gasteiger partial charge in [0.1, 0.15) is 5.82 Å². The summed E-state index contributed by atoms with van der Waals surface area (Å²) < 4.78 is 14.8. The fourth-order valence-electron chi connectivity index (χ4n) is 2.27. The summed E-state index contributed by atoms with van der Waals surface area (Å²) in [6, 6.07) is 6.53. The Hall–Kier alpha value is -1.88. The summed E-state index contributed by atoms with van der Waals surface area (Å²) in [6.07, 6.45) is 3.79. The molecule has 0 spiro atoms. The number of aromatic nitrogens is 2. The van der Waals surface area contributed by atoms with E-state index >= 15 is 0 Å². The van der Waals surface area contributed by atoms with Gasteiger partial charge in [0.05, 0.1) is 12.2 Å². The van der Waals surface area contributed by atoms with Crippen molar-refractivity contribution in [3.63, 3.8) is 0 Å². The standard InChI is InChI=1S/C14H19FN4/c1-3-19(13-6-4-12(15)5-7-13)14(8-16)11-9-17-18(2)10-11/h4-7,9-10,14H,3,8,16H2,1-2H3. The van der Waals surface area contributed by atoms with Crippen molar-refractivity contribution < 1.29 is 4.39 Å². The van der Waals surface area contributed by atoms with Crippen molar-refractivity contribution >= 4 is 5.69 Å². The molecule has 2 N–H and O–H groups in total. The van der Waals surface area contributed by atoms with Gasteiger partial charge in [-0.3, -0.25) is 4.68 Å². The first-order valence-corrected chi connectivity index (χ1v) is 6.36. The molecule has 0 bridgehead atoms. The minimum absolute atomic E-state index is 0.0455. The first-order chi connectivity index (χ1) is 9.15. The highest BCUT2D eigenvalue weighted by molar-refractivity contribution is 5.48. The monoisotopic (exact) mass is 262 g/mol. The summed E-state index contributed by atoms with van der Waals surface area (Å²) >= 11 is 0. The molecule has 1 aromatic carbocycles. The van der Waals surface area contributed by atoms with Crippen LogP contribution in [0.1, 0.15) is 18.5 Å². The van der Waals surface area contributed by atoms with Crippen LogP contribution in [-0.4, -0.2) is 22.9 Å². The van der Waals surface area contributed by atoms with Crippen LogP contribution in [0.25, 0.3) is 0 Å². The summed E-state index contributed by atoms with van der Waals surface area (Å²) in [7, 11) is 1.88. The number of nitrogens with two attached hydrogens (primary N) is 1. The molecule has 4 nitrogen and oxygen atoms in total. The molecule has 0 saturated carbocycles. The number of aryl methyl sites for hydroxylation is 1. The smallest absolute Gasteiger partial charge is 0.123 e. The number of likely N-dealkylation sites (N-methyl/N-ethyl adjacent to an activating group) is 1. The van der Waals surface area contributed by atoms with Gasteiger partial charge < -0.3 is 10.6 Å². The van der Waals surface area contributed by atoms with Gasteiger partial charge in [0, 0.05) is 37.6 Å². The lowest BCUT2D eigenvalue weighted by atomic mass is 10.1. The van der Waals surface area contributed by atoms with Crippen LogP contribution in [-0.2, 0) is 7.05 Å². The maximum absolute atomic E-state index is 13.0. The molecule has 0 amide bonds. The van der Waals surface area contributed by atoms with Gasteiger partial charge in [0.15, 0.2) is 0 Å². The van der Waals surface area contributed by atoms with Crippen molar-refractivity contribution in [2.75, 3.05) is 18.0 Å². The van der Waals surface area contributed by atoms with Crippen LogP contribution >= 0.6 is 0 Å². The van der Waals surface area contributed by atoms with Crippen LogP contribution < -0.4 is 10.6 Å². The zero-order valence-corrected chi connectivity index (χ0v) is 11.3. The van der Waals surface area contributed by atoms with Crippen molar-refractivity contribution in [2.45, 2.75) is 13.0 Å². The van der Waals surface area contributed by atoms with Gasteiger partial charge in [-0.05, 0) is 31.2 Å². The van der Waals surface area contributed by atoms with E-state index in [2.05, 4.69) is 16.9 Å². The van der Waals surface area contributed by atoms with E-state index in [9.17, 15) is 4.39 Å². The molecule has 2 aromatic rings. The predicted octanol–water partition coefficient (Wildman–Crippen LogP) is 2.09. The van der Waals surface area contributed by atoms with E-state index in [0.717, 1.165) is 17.8 Å². The van der Waals surface area contributed by atoms with Gasteiger partial charge in [-0.1, -0.05) is 0 Å². The van der Waals surface area contributed by atoms with E-state index in [1.54, 1.807) is 16.8 Å². The Kier molecular flexibility index (Phi) is 4.16. The van der Waals surface area contributed by atoms with Crippen LogP contribution in [0.3, 0.4) is 0 Å². The third kappa shape index (κ3) is 2.93. The second kappa shape index (κ2) is 5.84. The SMILES string of the molecule is CCN(c1ccc(F)cc1)C(CN)c1cnn(C)c1. The molecule has 0 aliphatic carbocycles. The third-order valence-corrected chi connectivity index (χ3v) is 3.21. The summed E-state index contributed by atoms with van der Waals surface area (Å²) in [5.41, 5.74) is 7.93.